The number of hydrogen-bond acceptors (Lipinski definition) is 4. The van der Waals surface area contributed by atoms with Crippen molar-refractivity contribution in [1.29, 1.82) is 0 Å². The molecule has 138 valence electrons. The average molecular weight is 364 g/mol. The summed E-state index contributed by atoms with van der Waals surface area (Å²) in [6.45, 7) is 2.25. The fourth-order valence-corrected chi connectivity index (χ4v) is 2.56. The molecule has 0 amide bonds. The molecular formula is C21H20N2O4. The van der Waals surface area contributed by atoms with Crippen molar-refractivity contribution >= 4 is 0 Å². The second kappa shape index (κ2) is 8.71. The first-order valence-electron chi connectivity index (χ1n) is 8.55. The van der Waals surface area contributed by atoms with Crippen LogP contribution in [0.25, 0.3) is 0 Å². The van der Waals surface area contributed by atoms with Crippen LogP contribution in [0.5, 0.6) is 11.6 Å². The van der Waals surface area contributed by atoms with Gasteiger partial charge in [0.05, 0.1) is 11.8 Å². The van der Waals surface area contributed by atoms with Gasteiger partial charge in [-0.05, 0) is 23.8 Å². The number of para-hydroxylation sites is 1. The summed E-state index contributed by atoms with van der Waals surface area (Å²) < 4.78 is 11.2. The zero-order chi connectivity index (χ0) is 19.1. The summed E-state index contributed by atoms with van der Waals surface area (Å²) in [5.74, 6) is 0.312. The van der Waals surface area contributed by atoms with Gasteiger partial charge in [0.25, 0.3) is 5.56 Å². The zero-order valence-corrected chi connectivity index (χ0v) is 14.8. The summed E-state index contributed by atoms with van der Waals surface area (Å²) in [5, 5.41) is 0. The van der Waals surface area contributed by atoms with Crippen molar-refractivity contribution in [3.8, 4) is 11.6 Å². The van der Waals surface area contributed by atoms with Crippen molar-refractivity contribution in [3.63, 3.8) is 0 Å². The quantitative estimate of drug-likeness (QED) is 0.626. The summed E-state index contributed by atoms with van der Waals surface area (Å²) >= 11 is 0. The van der Waals surface area contributed by atoms with Crippen molar-refractivity contribution in [3.05, 3.63) is 105 Å². The van der Waals surface area contributed by atoms with Gasteiger partial charge in [-0.1, -0.05) is 55.5 Å². The van der Waals surface area contributed by atoms with E-state index in [4.69, 9.17) is 9.47 Å². The number of aromatic nitrogens is 2. The third kappa shape index (κ3) is 4.98. The van der Waals surface area contributed by atoms with Crippen LogP contribution in [0.15, 0.2) is 82.6 Å². The van der Waals surface area contributed by atoms with E-state index < -0.39 is 11.2 Å². The highest BCUT2D eigenvalue weighted by atomic mass is 16.5. The Morgan fingerprint density at radius 2 is 1.63 bits per heavy atom. The molecule has 0 saturated heterocycles. The van der Waals surface area contributed by atoms with Crippen molar-refractivity contribution in [1.82, 2.24) is 9.97 Å². The molecule has 3 aromatic rings. The van der Waals surface area contributed by atoms with Gasteiger partial charge >= 0.3 is 5.69 Å². The number of nitrogens with one attached hydrogen (secondary N) is 2. The van der Waals surface area contributed by atoms with Crippen LogP contribution in [0.1, 0.15) is 24.0 Å². The Morgan fingerprint density at radius 3 is 2.33 bits per heavy atom. The molecule has 0 spiro atoms. The Bertz CT molecular complexity index is 1010. The molecule has 0 saturated carbocycles. The second-order valence-corrected chi connectivity index (χ2v) is 5.98. The molecule has 27 heavy (non-hydrogen) atoms. The van der Waals surface area contributed by atoms with Gasteiger partial charge in [-0.15, -0.1) is 0 Å². The highest BCUT2D eigenvalue weighted by Crippen LogP contribution is 2.25. The number of H-pyrrole nitrogens is 2. The van der Waals surface area contributed by atoms with Crippen molar-refractivity contribution in [2.75, 3.05) is 0 Å². The topological polar surface area (TPSA) is 84.2 Å². The van der Waals surface area contributed by atoms with Crippen LogP contribution in [0.4, 0.5) is 0 Å². The third-order valence-corrected chi connectivity index (χ3v) is 3.92. The van der Waals surface area contributed by atoms with Gasteiger partial charge in [0.15, 0.2) is 0 Å². The summed E-state index contributed by atoms with van der Waals surface area (Å²) in [6.07, 6.45) is 3.29. The van der Waals surface area contributed by atoms with Gasteiger partial charge < -0.3 is 9.47 Å². The number of hydrogen-bond donors (Lipinski definition) is 2. The Labute approximate surface area is 156 Å². The number of aromatic amines is 2. The van der Waals surface area contributed by atoms with Crippen molar-refractivity contribution < 1.29 is 9.47 Å². The van der Waals surface area contributed by atoms with E-state index in [1.165, 1.54) is 0 Å². The van der Waals surface area contributed by atoms with Gasteiger partial charge in [0.2, 0.25) is 5.88 Å². The van der Waals surface area contributed by atoms with E-state index in [0.29, 0.717) is 17.9 Å². The number of allylic oxidation sites excluding steroid dienone is 1. The number of rotatable bonds is 7. The van der Waals surface area contributed by atoms with E-state index in [0.717, 1.165) is 5.56 Å². The largest absolute Gasteiger partial charge is 0.497 e. The maximum absolute atomic E-state index is 12.3. The second-order valence-electron chi connectivity index (χ2n) is 5.98. The monoisotopic (exact) mass is 364 g/mol. The van der Waals surface area contributed by atoms with Gasteiger partial charge in [-0.25, -0.2) is 4.79 Å². The molecule has 0 bridgehead atoms. The predicted molar refractivity (Wildman–Crippen MR) is 103 cm³/mol. The Hall–Kier alpha value is -3.54. The molecule has 1 heterocycles. The van der Waals surface area contributed by atoms with E-state index in [-0.39, 0.29) is 11.8 Å². The summed E-state index contributed by atoms with van der Waals surface area (Å²) in [7, 11) is 0. The molecule has 6 nitrogen and oxygen atoms in total. The minimum atomic E-state index is -0.619. The van der Waals surface area contributed by atoms with E-state index in [1.54, 1.807) is 36.6 Å². The Kier molecular flexibility index (Phi) is 5.89. The predicted octanol–water partition coefficient (Wildman–Crippen LogP) is 3.69. The summed E-state index contributed by atoms with van der Waals surface area (Å²) in [4.78, 5) is 28.8. The molecular weight excluding hydrogens is 344 g/mol. The van der Waals surface area contributed by atoms with Crippen molar-refractivity contribution in [2.24, 2.45) is 0 Å². The van der Waals surface area contributed by atoms with Crippen LogP contribution < -0.4 is 16.0 Å². The molecule has 0 aliphatic rings. The first-order valence-corrected chi connectivity index (χ1v) is 8.55. The minimum absolute atomic E-state index is 0.121. The van der Waals surface area contributed by atoms with Gasteiger partial charge in [0.1, 0.15) is 12.4 Å². The standard InChI is InChI=1S/C21H20N2O4/c1-15(12-13-26-14-16-8-4-2-5-9-16)18-19(24)22-21(25)23-20(18)27-17-10-6-3-7-11-17/h2-13,15H,14H2,1H3,(H2,22,23,24,25)/b13-12+. The molecule has 1 unspecified atom stereocenters. The first kappa shape index (κ1) is 18.3. The lowest BCUT2D eigenvalue weighted by atomic mass is 10.0. The first-order chi connectivity index (χ1) is 13.1. The highest BCUT2D eigenvalue weighted by Gasteiger charge is 2.17. The maximum Gasteiger partial charge on any atom is 0.328 e. The van der Waals surface area contributed by atoms with Gasteiger partial charge in [0, 0.05) is 5.92 Å². The summed E-state index contributed by atoms with van der Waals surface area (Å²) in [6, 6.07) is 18.7. The van der Waals surface area contributed by atoms with Crippen LogP contribution in [-0.4, -0.2) is 9.97 Å². The van der Waals surface area contributed by atoms with Gasteiger partial charge in [-0.3, -0.25) is 14.8 Å². The normalized spacial score (nSPS) is 12.0. The molecule has 1 atom stereocenters. The molecule has 3 rings (SSSR count). The highest BCUT2D eigenvalue weighted by molar-refractivity contribution is 5.34. The number of ether oxygens (including phenoxy) is 2. The van der Waals surface area contributed by atoms with E-state index in [9.17, 15) is 9.59 Å². The van der Waals surface area contributed by atoms with Crippen LogP contribution in [0.2, 0.25) is 0 Å². The Balaban J connectivity index is 1.77. The van der Waals surface area contributed by atoms with Crippen LogP contribution >= 0.6 is 0 Å². The summed E-state index contributed by atoms with van der Waals surface area (Å²) in [5.41, 5.74) is 0.249. The molecule has 6 heteroatoms. The average Bonchev–Trinajstić information content (AvgIpc) is 2.66. The zero-order valence-electron chi connectivity index (χ0n) is 14.8. The maximum atomic E-state index is 12.3. The smallest absolute Gasteiger partial charge is 0.328 e. The lowest BCUT2D eigenvalue weighted by molar-refractivity contribution is 0.235. The van der Waals surface area contributed by atoms with Gasteiger partial charge in [-0.2, -0.15) is 0 Å². The molecule has 1 aromatic heterocycles. The molecule has 2 aromatic carbocycles. The molecule has 2 N–H and O–H groups in total. The number of benzene rings is 2. The SMILES string of the molecule is CC(/C=C/OCc1ccccc1)c1c(Oc2ccccc2)[nH]c(=O)[nH]c1=O. The molecule has 0 radical (unpaired) electrons. The van der Waals surface area contributed by atoms with Crippen LogP contribution in [-0.2, 0) is 11.3 Å². The lowest BCUT2D eigenvalue weighted by Gasteiger charge is -2.12. The molecule has 0 aliphatic heterocycles. The fraction of sp³-hybridized carbons (Fsp3) is 0.143. The van der Waals surface area contributed by atoms with E-state index in [1.807, 2.05) is 43.3 Å². The Morgan fingerprint density at radius 1 is 0.963 bits per heavy atom. The fourth-order valence-electron chi connectivity index (χ4n) is 2.56. The molecule has 0 fully saturated rings. The van der Waals surface area contributed by atoms with E-state index >= 15 is 0 Å². The van der Waals surface area contributed by atoms with Crippen molar-refractivity contribution in [2.45, 2.75) is 19.4 Å². The molecule has 0 aliphatic carbocycles. The lowest BCUT2D eigenvalue weighted by Crippen LogP contribution is -2.27. The van der Waals surface area contributed by atoms with E-state index in [2.05, 4.69) is 9.97 Å². The minimum Gasteiger partial charge on any atom is -0.497 e. The third-order valence-electron chi connectivity index (χ3n) is 3.92. The van der Waals surface area contributed by atoms with Crippen LogP contribution in [0, 0.1) is 0 Å². The van der Waals surface area contributed by atoms with Crippen LogP contribution in [0.3, 0.4) is 0 Å².